The largest absolute Gasteiger partial charge is 0.481 e. The molecule has 0 aliphatic heterocycles. The minimum atomic E-state index is -0.744. The lowest BCUT2D eigenvalue weighted by Gasteiger charge is -2.36. The monoisotopic (exact) mass is 267 g/mol. The van der Waals surface area contributed by atoms with Crippen LogP contribution in [0.5, 0.6) is 0 Å². The first-order valence-corrected chi connectivity index (χ1v) is 7.55. The molecule has 0 unspecified atom stereocenters. The van der Waals surface area contributed by atoms with Gasteiger partial charge in [0.1, 0.15) is 0 Å². The molecule has 0 aromatic rings. The second kappa shape index (κ2) is 5.93. The van der Waals surface area contributed by atoms with E-state index in [1.807, 2.05) is 0 Å². The Kier molecular flexibility index (Phi) is 4.48. The van der Waals surface area contributed by atoms with E-state index in [0.29, 0.717) is 25.3 Å². The zero-order valence-electron chi connectivity index (χ0n) is 11.8. The first-order valence-electron chi connectivity index (χ1n) is 7.55. The normalized spacial score (nSPS) is 32.2. The molecule has 1 amide bonds. The van der Waals surface area contributed by atoms with Crippen molar-refractivity contribution in [3.8, 4) is 0 Å². The molecule has 2 fully saturated rings. The fraction of sp³-hybridized carbons (Fsp3) is 0.867. The number of carboxylic acid groups (broad SMARTS) is 1. The van der Waals surface area contributed by atoms with Gasteiger partial charge in [0.15, 0.2) is 0 Å². The van der Waals surface area contributed by atoms with E-state index in [0.717, 1.165) is 38.5 Å². The van der Waals surface area contributed by atoms with Crippen LogP contribution in [0.4, 0.5) is 0 Å². The van der Waals surface area contributed by atoms with Gasteiger partial charge in [0.25, 0.3) is 0 Å². The number of carbonyl (C=O) groups excluding carboxylic acids is 1. The van der Waals surface area contributed by atoms with Crippen molar-refractivity contribution in [1.82, 2.24) is 5.32 Å². The maximum Gasteiger partial charge on any atom is 0.311 e. The second-order valence-electron chi connectivity index (χ2n) is 6.47. The highest BCUT2D eigenvalue weighted by atomic mass is 16.4. The van der Waals surface area contributed by atoms with Crippen LogP contribution in [0.3, 0.4) is 0 Å². The summed E-state index contributed by atoms with van der Waals surface area (Å²) < 4.78 is 0. The van der Waals surface area contributed by atoms with E-state index in [1.54, 1.807) is 0 Å². The van der Waals surface area contributed by atoms with E-state index in [9.17, 15) is 14.7 Å². The molecule has 0 saturated heterocycles. The molecule has 4 nitrogen and oxygen atoms in total. The zero-order valence-corrected chi connectivity index (χ0v) is 11.8. The molecule has 0 atom stereocenters. The number of hydrogen-bond donors (Lipinski definition) is 2. The van der Waals surface area contributed by atoms with Gasteiger partial charge in [-0.25, -0.2) is 0 Å². The van der Waals surface area contributed by atoms with Crippen molar-refractivity contribution >= 4 is 11.9 Å². The number of aliphatic carboxylic acids is 1. The van der Waals surface area contributed by atoms with Gasteiger partial charge in [-0.2, -0.15) is 0 Å². The highest BCUT2D eigenvalue weighted by molar-refractivity contribution is 5.81. The Morgan fingerprint density at radius 2 is 1.74 bits per heavy atom. The molecule has 0 heterocycles. The number of carbonyl (C=O) groups is 2. The SMILES string of the molecule is CC1CCC(CNC(=O)C2CCCC2)(C(=O)O)CC1. The molecule has 0 radical (unpaired) electrons. The minimum absolute atomic E-state index is 0.0664. The predicted octanol–water partition coefficient (Wildman–Crippen LogP) is 2.57. The lowest BCUT2D eigenvalue weighted by molar-refractivity contribution is -0.151. The van der Waals surface area contributed by atoms with E-state index in [-0.39, 0.29) is 11.8 Å². The van der Waals surface area contributed by atoms with Gasteiger partial charge in [-0.3, -0.25) is 9.59 Å². The van der Waals surface area contributed by atoms with E-state index in [1.165, 1.54) is 0 Å². The van der Waals surface area contributed by atoms with Crippen LogP contribution < -0.4 is 5.32 Å². The molecule has 2 saturated carbocycles. The van der Waals surface area contributed by atoms with Gasteiger partial charge in [0, 0.05) is 12.5 Å². The highest BCUT2D eigenvalue weighted by Gasteiger charge is 2.41. The lowest BCUT2D eigenvalue weighted by Crippen LogP contribution is -2.46. The number of rotatable bonds is 4. The van der Waals surface area contributed by atoms with E-state index >= 15 is 0 Å². The first kappa shape index (κ1) is 14.4. The first-order chi connectivity index (χ1) is 9.03. The van der Waals surface area contributed by atoms with Gasteiger partial charge in [-0.05, 0) is 44.4 Å². The standard InChI is InChI=1S/C15H25NO3/c1-11-6-8-15(9-7-11,14(18)19)10-16-13(17)12-4-2-3-5-12/h11-12H,2-10H2,1H3,(H,16,17)(H,18,19). The molecule has 4 heteroatoms. The summed E-state index contributed by atoms with van der Waals surface area (Å²) in [5, 5.41) is 12.4. The Morgan fingerprint density at radius 3 is 2.26 bits per heavy atom. The topological polar surface area (TPSA) is 66.4 Å². The number of nitrogens with one attached hydrogen (secondary N) is 1. The van der Waals surface area contributed by atoms with E-state index < -0.39 is 11.4 Å². The molecular formula is C15H25NO3. The predicted molar refractivity (Wildman–Crippen MR) is 72.7 cm³/mol. The van der Waals surface area contributed by atoms with Gasteiger partial charge >= 0.3 is 5.97 Å². The fourth-order valence-electron chi connectivity index (χ4n) is 3.37. The van der Waals surface area contributed by atoms with E-state index in [4.69, 9.17) is 0 Å². The van der Waals surface area contributed by atoms with Crippen LogP contribution >= 0.6 is 0 Å². The van der Waals surface area contributed by atoms with Crippen LogP contribution in [0.25, 0.3) is 0 Å². The Hall–Kier alpha value is -1.06. The van der Waals surface area contributed by atoms with Gasteiger partial charge in [0.05, 0.1) is 5.41 Å². The number of amides is 1. The van der Waals surface area contributed by atoms with Crippen molar-refractivity contribution < 1.29 is 14.7 Å². The quantitative estimate of drug-likeness (QED) is 0.822. The van der Waals surface area contributed by atoms with Crippen molar-refractivity contribution in [3.63, 3.8) is 0 Å². The third-order valence-electron chi connectivity index (χ3n) is 5.01. The fourth-order valence-corrected chi connectivity index (χ4v) is 3.37. The smallest absolute Gasteiger partial charge is 0.311 e. The summed E-state index contributed by atoms with van der Waals surface area (Å²) in [6, 6.07) is 0. The van der Waals surface area contributed by atoms with Crippen LogP contribution in [-0.4, -0.2) is 23.5 Å². The molecule has 0 aromatic carbocycles. The van der Waals surface area contributed by atoms with Crippen LogP contribution in [0.15, 0.2) is 0 Å². The van der Waals surface area contributed by atoms with Crippen LogP contribution in [-0.2, 0) is 9.59 Å². The van der Waals surface area contributed by atoms with Crippen molar-refractivity contribution in [2.45, 2.75) is 58.3 Å². The van der Waals surface area contributed by atoms with Crippen molar-refractivity contribution in [2.24, 2.45) is 17.3 Å². The number of hydrogen-bond acceptors (Lipinski definition) is 2. The summed E-state index contributed by atoms with van der Waals surface area (Å²) in [5.74, 6) is 0.0502. The van der Waals surface area contributed by atoms with Gasteiger partial charge in [-0.1, -0.05) is 19.8 Å². The molecule has 2 rings (SSSR count). The highest BCUT2D eigenvalue weighted by Crippen LogP contribution is 2.38. The summed E-state index contributed by atoms with van der Waals surface area (Å²) in [7, 11) is 0. The lowest BCUT2D eigenvalue weighted by atomic mass is 9.70. The van der Waals surface area contributed by atoms with Crippen molar-refractivity contribution in [2.75, 3.05) is 6.54 Å². The number of carboxylic acids is 1. The molecule has 0 spiro atoms. The van der Waals surface area contributed by atoms with Crippen LogP contribution in [0, 0.1) is 17.3 Å². The summed E-state index contributed by atoms with van der Waals surface area (Å²) in [6.07, 6.45) is 7.45. The Bertz CT molecular complexity index is 339. The van der Waals surface area contributed by atoms with Gasteiger partial charge in [-0.15, -0.1) is 0 Å². The molecule has 0 bridgehead atoms. The van der Waals surface area contributed by atoms with Crippen LogP contribution in [0.1, 0.15) is 58.3 Å². The molecule has 108 valence electrons. The minimum Gasteiger partial charge on any atom is -0.481 e. The van der Waals surface area contributed by atoms with E-state index in [2.05, 4.69) is 12.2 Å². The molecule has 2 aliphatic rings. The molecular weight excluding hydrogens is 242 g/mol. The summed E-state index contributed by atoms with van der Waals surface area (Å²) in [4.78, 5) is 23.6. The van der Waals surface area contributed by atoms with Crippen LogP contribution in [0.2, 0.25) is 0 Å². The molecule has 0 aromatic heterocycles. The molecule has 2 N–H and O–H groups in total. The zero-order chi connectivity index (χ0) is 13.9. The van der Waals surface area contributed by atoms with Gasteiger partial charge in [0.2, 0.25) is 5.91 Å². The molecule has 19 heavy (non-hydrogen) atoms. The average Bonchev–Trinajstić information content (AvgIpc) is 2.92. The maximum absolute atomic E-state index is 12.0. The third kappa shape index (κ3) is 3.28. The van der Waals surface area contributed by atoms with Gasteiger partial charge < -0.3 is 10.4 Å². The molecule has 2 aliphatic carbocycles. The second-order valence-corrected chi connectivity index (χ2v) is 6.47. The summed E-state index contributed by atoms with van der Waals surface area (Å²) >= 11 is 0. The third-order valence-corrected chi connectivity index (χ3v) is 5.01. The Morgan fingerprint density at radius 1 is 1.16 bits per heavy atom. The Labute approximate surface area is 115 Å². The average molecular weight is 267 g/mol. The Balaban J connectivity index is 1.90. The maximum atomic E-state index is 12.0. The van der Waals surface area contributed by atoms with Crippen molar-refractivity contribution in [1.29, 1.82) is 0 Å². The summed E-state index contributed by atoms with van der Waals surface area (Å²) in [5.41, 5.74) is -0.721. The summed E-state index contributed by atoms with van der Waals surface area (Å²) in [6.45, 7) is 2.48. The van der Waals surface area contributed by atoms with Crippen molar-refractivity contribution in [3.05, 3.63) is 0 Å².